The second-order valence-corrected chi connectivity index (χ2v) is 3.92. The molecule has 0 fully saturated rings. The molecule has 0 saturated heterocycles. The lowest BCUT2D eigenvalue weighted by atomic mass is 10.2. The smallest absolute Gasteiger partial charge is 0.255 e. The summed E-state index contributed by atoms with van der Waals surface area (Å²) in [4.78, 5) is 5.01. The maximum atomic E-state index is 12.5. The highest BCUT2D eigenvalue weighted by Gasteiger charge is 2.19. The first-order valence-corrected chi connectivity index (χ1v) is 5.65. The topological polar surface area (TPSA) is 95.0 Å². The fourth-order valence-electron chi connectivity index (χ4n) is 1.48. The Hall–Kier alpha value is -1.67. The minimum absolute atomic E-state index is 0.0214. The van der Waals surface area contributed by atoms with E-state index in [1.54, 1.807) is 0 Å². The second-order valence-electron chi connectivity index (χ2n) is 3.54. The summed E-state index contributed by atoms with van der Waals surface area (Å²) in [6, 6.07) is 1.39. The standard InChI is InChI=1S/C10H13ClF2N4O2/c11-8-6(9(14)16-19)1-2-15-10(8)17(3-4-18)5-7(12)13/h1-2,7,18-19H,3-5H2,(H2,14,16). The van der Waals surface area contributed by atoms with Gasteiger partial charge in [-0.1, -0.05) is 16.8 Å². The number of aliphatic hydroxyl groups is 1. The van der Waals surface area contributed by atoms with Crippen molar-refractivity contribution in [1.82, 2.24) is 4.98 Å². The molecule has 0 atom stereocenters. The highest BCUT2D eigenvalue weighted by Crippen LogP contribution is 2.27. The molecule has 0 aliphatic rings. The van der Waals surface area contributed by atoms with E-state index >= 15 is 0 Å². The Morgan fingerprint density at radius 2 is 2.26 bits per heavy atom. The molecule has 0 unspecified atom stereocenters. The van der Waals surface area contributed by atoms with E-state index in [9.17, 15) is 8.78 Å². The summed E-state index contributed by atoms with van der Waals surface area (Å²) in [5.41, 5.74) is 5.58. The van der Waals surface area contributed by atoms with Crippen molar-refractivity contribution in [2.24, 2.45) is 10.9 Å². The second kappa shape index (κ2) is 7.05. The number of rotatable bonds is 6. The zero-order valence-corrected chi connectivity index (χ0v) is 10.6. The monoisotopic (exact) mass is 294 g/mol. The van der Waals surface area contributed by atoms with Gasteiger partial charge >= 0.3 is 0 Å². The number of nitrogens with zero attached hydrogens (tertiary/aromatic N) is 3. The van der Waals surface area contributed by atoms with Crippen LogP contribution in [0.5, 0.6) is 0 Å². The van der Waals surface area contributed by atoms with Crippen LogP contribution in [-0.4, -0.2) is 47.3 Å². The molecule has 4 N–H and O–H groups in total. The van der Waals surface area contributed by atoms with Gasteiger partial charge in [0.15, 0.2) is 5.84 Å². The number of alkyl halides is 2. The van der Waals surface area contributed by atoms with Gasteiger partial charge in [0.2, 0.25) is 0 Å². The van der Waals surface area contributed by atoms with Gasteiger partial charge in [0, 0.05) is 18.3 Å². The van der Waals surface area contributed by atoms with Crippen LogP contribution in [0.3, 0.4) is 0 Å². The molecule has 1 aromatic heterocycles. The Bertz CT molecular complexity index is 459. The molecule has 1 aromatic rings. The largest absolute Gasteiger partial charge is 0.409 e. The van der Waals surface area contributed by atoms with Crippen LogP contribution in [0.2, 0.25) is 5.02 Å². The number of anilines is 1. The Kier molecular flexibility index (Phi) is 5.71. The average Bonchev–Trinajstić information content (AvgIpc) is 2.37. The van der Waals surface area contributed by atoms with Crippen LogP contribution in [0.25, 0.3) is 0 Å². The van der Waals surface area contributed by atoms with Crippen LogP contribution in [0.4, 0.5) is 14.6 Å². The van der Waals surface area contributed by atoms with E-state index in [0.29, 0.717) is 0 Å². The predicted octanol–water partition coefficient (Wildman–Crippen LogP) is 0.893. The van der Waals surface area contributed by atoms with Crippen molar-refractivity contribution in [2.75, 3.05) is 24.6 Å². The molecule has 6 nitrogen and oxygen atoms in total. The van der Waals surface area contributed by atoms with Crippen LogP contribution < -0.4 is 10.6 Å². The number of aromatic nitrogens is 1. The Morgan fingerprint density at radius 3 is 2.79 bits per heavy atom. The zero-order valence-electron chi connectivity index (χ0n) is 9.80. The van der Waals surface area contributed by atoms with Gasteiger partial charge < -0.3 is 20.9 Å². The quantitative estimate of drug-likeness (QED) is 0.313. The third-order valence-electron chi connectivity index (χ3n) is 2.28. The minimum Gasteiger partial charge on any atom is -0.409 e. The van der Waals surface area contributed by atoms with Gasteiger partial charge in [0.25, 0.3) is 6.43 Å². The van der Waals surface area contributed by atoms with Crippen LogP contribution >= 0.6 is 11.6 Å². The van der Waals surface area contributed by atoms with E-state index in [-0.39, 0.29) is 35.4 Å². The maximum absolute atomic E-state index is 12.5. The Balaban J connectivity index is 3.16. The fraction of sp³-hybridized carbons (Fsp3) is 0.400. The van der Waals surface area contributed by atoms with Crippen molar-refractivity contribution in [2.45, 2.75) is 6.43 Å². The third kappa shape index (κ3) is 3.90. The number of hydrogen-bond acceptors (Lipinski definition) is 5. The van der Waals surface area contributed by atoms with Crippen LogP contribution in [-0.2, 0) is 0 Å². The van der Waals surface area contributed by atoms with E-state index < -0.39 is 13.0 Å². The summed E-state index contributed by atoms with van der Waals surface area (Å²) in [5, 5.41) is 20.3. The van der Waals surface area contributed by atoms with Crippen molar-refractivity contribution in [1.29, 1.82) is 0 Å². The van der Waals surface area contributed by atoms with Crippen molar-refractivity contribution < 1.29 is 19.1 Å². The van der Waals surface area contributed by atoms with Crippen molar-refractivity contribution in [3.8, 4) is 0 Å². The number of pyridine rings is 1. The van der Waals surface area contributed by atoms with E-state index in [0.717, 1.165) is 4.90 Å². The normalized spacial score (nSPS) is 11.9. The van der Waals surface area contributed by atoms with Gasteiger partial charge in [-0.05, 0) is 6.07 Å². The molecule has 106 valence electrons. The average molecular weight is 295 g/mol. The van der Waals surface area contributed by atoms with Crippen LogP contribution in [0.1, 0.15) is 5.56 Å². The number of nitrogens with two attached hydrogens (primary N) is 1. The van der Waals surface area contributed by atoms with Gasteiger partial charge in [-0.3, -0.25) is 0 Å². The summed E-state index contributed by atoms with van der Waals surface area (Å²) >= 11 is 5.99. The number of aliphatic hydroxyl groups excluding tert-OH is 1. The summed E-state index contributed by atoms with van der Waals surface area (Å²) in [6.45, 7) is -1.03. The molecule has 0 saturated carbocycles. The van der Waals surface area contributed by atoms with Crippen LogP contribution in [0.15, 0.2) is 17.4 Å². The van der Waals surface area contributed by atoms with Gasteiger partial charge in [-0.15, -0.1) is 0 Å². The summed E-state index contributed by atoms with van der Waals surface area (Å²) < 4.78 is 24.9. The maximum Gasteiger partial charge on any atom is 0.255 e. The lowest BCUT2D eigenvalue weighted by Gasteiger charge is -2.23. The lowest BCUT2D eigenvalue weighted by molar-refractivity contribution is 0.152. The minimum atomic E-state index is -2.61. The first-order valence-electron chi connectivity index (χ1n) is 5.27. The van der Waals surface area contributed by atoms with E-state index in [2.05, 4.69) is 10.1 Å². The molecule has 0 aliphatic heterocycles. The van der Waals surface area contributed by atoms with Gasteiger partial charge in [0.1, 0.15) is 5.82 Å². The van der Waals surface area contributed by atoms with E-state index in [1.165, 1.54) is 12.3 Å². The third-order valence-corrected chi connectivity index (χ3v) is 2.65. The van der Waals surface area contributed by atoms with Crippen molar-refractivity contribution in [3.05, 3.63) is 22.8 Å². The van der Waals surface area contributed by atoms with Gasteiger partial charge in [0.05, 0.1) is 18.2 Å². The van der Waals surface area contributed by atoms with E-state index in [1.807, 2.05) is 0 Å². The van der Waals surface area contributed by atoms with Crippen molar-refractivity contribution >= 4 is 23.3 Å². The number of oxime groups is 1. The highest BCUT2D eigenvalue weighted by atomic mass is 35.5. The van der Waals surface area contributed by atoms with E-state index in [4.69, 9.17) is 27.6 Å². The first kappa shape index (κ1) is 15.4. The molecular formula is C10H13ClF2N4O2. The molecule has 0 bridgehead atoms. The summed E-state index contributed by atoms with van der Waals surface area (Å²) in [6.07, 6.45) is -1.32. The molecule has 19 heavy (non-hydrogen) atoms. The fourth-order valence-corrected chi connectivity index (χ4v) is 1.80. The first-order chi connectivity index (χ1) is 9.01. The molecule has 0 radical (unpaired) electrons. The molecule has 0 amide bonds. The van der Waals surface area contributed by atoms with Crippen molar-refractivity contribution in [3.63, 3.8) is 0 Å². The Labute approximate surface area is 113 Å². The lowest BCUT2D eigenvalue weighted by Crippen LogP contribution is -2.33. The Morgan fingerprint density at radius 1 is 1.58 bits per heavy atom. The number of amidine groups is 1. The molecule has 1 heterocycles. The van der Waals surface area contributed by atoms with Gasteiger partial charge in [-0.25, -0.2) is 13.8 Å². The summed E-state index contributed by atoms with van der Waals surface area (Å²) in [5.74, 6) is -0.213. The molecule has 1 rings (SSSR count). The SMILES string of the molecule is N/C(=N/O)c1ccnc(N(CCO)CC(F)F)c1Cl. The zero-order chi connectivity index (χ0) is 14.4. The molecule has 0 spiro atoms. The predicted molar refractivity (Wildman–Crippen MR) is 67.1 cm³/mol. The summed E-state index contributed by atoms with van der Waals surface area (Å²) in [7, 11) is 0. The van der Waals surface area contributed by atoms with Gasteiger partial charge in [-0.2, -0.15) is 0 Å². The molecule has 0 aliphatic carbocycles. The molecule has 9 heteroatoms. The van der Waals surface area contributed by atoms with Crippen LogP contribution in [0, 0.1) is 0 Å². The number of halogens is 3. The molecule has 0 aromatic carbocycles. The highest BCUT2D eigenvalue weighted by molar-refractivity contribution is 6.36. The molecular weight excluding hydrogens is 282 g/mol. The number of hydrogen-bond donors (Lipinski definition) is 3.